The molecule has 8 nitrogen and oxygen atoms in total. The van der Waals surface area contributed by atoms with E-state index in [1.807, 2.05) is 24.3 Å². The minimum atomic E-state index is -3.78. The molecule has 0 atom stereocenters. The third-order valence-electron chi connectivity index (χ3n) is 4.12. The zero-order chi connectivity index (χ0) is 21.1. The number of nitrogens with two attached hydrogens (primary N) is 1. The molecule has 0 unspecified atom stereocenters. The number of carbonyl (C=O) groups is 1. The highest BCUT2D eigenvalue weighted by Gasteiger charge is 2.14. The third-order valence-corrected chi connectivity index (χ3v) is 6.04. The number of hydrogen-bond acceptors (Lipinski definition) is 7. The lowest BCUT2D eigenvalue weighted by molar-refractivity contribution is -0.113. The van der Waals surface area contributed by atoms with E-state index in [1.165, 1.54) is 36.0 Å². The molecule has 0 aliphatic heterocycles. The maximum Gasteiger partial charge on any atom is 0.238 e. The highest BCUT2D eigenvalue weighted by molar-refractivity contribution is 8.00. The molecule has 0 fully saturated rings. The molecular weight excluding hydrogens is 424 g/mol. The van der Waals surface area contributed by atoms with Gasteiger partial charge in [-0.3, -0.25) is 4.79 Å². The zero-order valence-electron chi connectivity index (χ0n) is 15.5. The lowest BCUT2D eigenvalue weighted by Gasteiger charge is -2.08. The van der Waals surface area contributed by atoms with E-state index >= 15 is 0 Å². The first-order chi connectivity index (χ1) is 14.4. The van der Waals surface area contributed by atoms with Crippen molar-refractivity contribution in [3.05, 3.63) is 66.9 Å². The van der Waals surface area contributed by atoms with E-state index in [2.05, 4.69) is 15.3 Å². The number of hydrogen-bond donors (Lipinski definition) is 2. The average Bonchev–Trinajstić information content (AvgIpc) is 3.26. The minimum Gasteiger partial charge on any atom is -0.461 e. The van der Waals surface area contributed by atoms with Crippen LogP contribution in [-0.2, 0) is 14.8 Å². The SMILES string of the molecule is NS(=O)(=O)c1ccc(NC(=O)CSc2nc(-c3ccco3)nc3ccccc23)cc1. The van der Waals surface area contributed by atoms with E-state index in [0.29, 0.717) is 22.3 Å². The van der Waals surface area contributed by atoms with Gasteiger partial charge in [-0.25, -0.2) is 23.5 Å². The number of furan rings is 1. The van der Waals surface area contributed by atoms with Crippen molar-refractivity contribution in [1.29, 1.82) is 0 Å². The summed E-state index contributed by atoms with van der Waals surface area (Å²) in [6.07, 6.45) is 1.55. The molecule has 4 aromatic rings. The Morgan fingerprint density at radius 3 is 2.50 bits per heavy atom. The van der Waals surface area contributed by atoms with Crippen LogP contribution in [0.15, 0.2) is 81.3 Å². The van der Waals surface area contributed by atoms with Crippen molar-refractivity contribution in [2.24, 2.45) is 5.14 Å². The zero-order valence-corrected chi connectivity index (χ0v) is 17.1. The predicted molar refractivity (Wildman–Crippen MR) is 114 cm³/mol. The molecule has 1 amide bonds. The molecule has 0 radical (unpaired) electrons. The predicted octanol–water partition coefficient (Wildman–Crippen LogP) is 3.27. The largest absolute Gasteiger partial charge is 0.461 e. The normalized spacial score (nSPS) is 11.5. The molecule has 2 heterocycles. The summed E-state index contributed by atoms with van der Waals surface area (Å²) >= 11 is 1.28. The van der Waals surface area contributed by atoms with E-state index in [1.54, 1.807) is 18.4 Å². The average molecular weight is 441 g/mol. The van der Waals surface area contributed by atoms with Crippen LogP contribution in [0.4, 0.5) is 5.69 Å². The maximum atomic E-state index is 12.4. The Morgan fingerprint density at radius 1 is 1.03 bits per heavy atom. The Balaban J connectivity index is 1.51. The van der Waals surface area contributed by atoms with Gasteiger partial charge < -0.3 is 9.73 Å². The molecule has 0 aliphatic carbocycles. The van der Waals surface area contributed by atoms with E-state index in [9.17, 15) is 13.2 Å². The molecule has 0 saturated carbocycles. The van der Waals surface area contributed by atoms with Gasteiger partial charge in [0, 0.05) is 11.1 Å². The molecule has 4 rings (SSSR count). The molecule has 2 aromatic carbocycles. The van der Waals surface area contributed by atoms with Gasteiger partial charge in [0.05, 0.1) is 22.4 Å². The molecule has 3 N–H and O–H groups in total. The van der Waals surface area contributed by atoms with Gasteiger partial charge in [-0.2, -0.15) is 0 Å². The van der Waals surface area contributed by atoms with Gasteiger partial charge in [0.15, 0.2) is 11.6 Å². The first-order valence-electron chi connectivity index (χ1n) is 8.76. The van der Waals surface area contributed by atoms with Crippen molar-refractivity contribution in [2.45, 2.75) is 9.92 Å². The molecule has 30 heavy (non-hydrogen) atoms. The van der Waals surface area contributed by atoms with Crippen LogP contribution in [-0.4, -0.2) is 30.0 Å². The van der Waals surface area contributed by atoms with Crippen molar-refractivity contribution >= 4 is 44.3 Å². The van der Waals surface area contributed by atoms with Gasteiger partial charge in [-0.05, 0) is 42.5 Å². The summed E-state index contributed by atoms with van der Waals surface area (Å²) in [5.41, 5.74) is 1.22. The van der Waals surface area contributed by atoms with Crippen LogP contribution in [0.2, 0.25) is 0 Å². The number of amides is 1. The van der Waals surface area contributed by atoms with Gasteiger partial charge >= 0.3 is 0 Å². The van der Waals surface area contributed by atoms with Gasteiger partial charge in [0.1, 0.15) is 5.03 Å². The van der Waals surface area contributed by atoms with Crippen LogP contribution in [0.1, 0.15) is 0 Å². The molecule has 0 saturated heterocycles. The summed E-state index contributed by atoms with van der Waals surface area (Å²) < 4.78 is 28.0. The van der Waals surface area contributed by atoms with E-state index in [-0.39, 0.29) is 16.6 Å². The Bertz CT molecular complexity index is 1300. The van der Waals surface area contributed by atoms with Crippen LogP contribution >= 0.6 is 11.8 Å². The molecule has 0 spiro atoms. The number of anilines is 1. The number of sulfonamides is 1. The first-order valence-corrected chi connectivity index (χ1v) is 11.3. The van der Waals surface area contributed by atoms with Crippen molar-refractivity contribution in [3.8, 4) is 11.6 Å². The summed E-state index contributed by atoms with van der Waals surface area (Å²) in [6, 6.07) is 16.7. The fourth-order valence-electron chi connectivity index (χ4n) is 2.73. The molecule has 2 aromatic heterocycles. The minimum absolute atomic E-state index is 0.0206. The second-order valence-corrected chi connectivity index (χ2v) is 8.78. The van der Waals surface area contributed by atoms with Crippen molar-refractivity contribution in [2.75, 3.05) is 11.1 Å². The monoisotopic (exact) mass is 440 g/mol. The first kappa shape index (κ1) is 20.1. The van der Waals surface area contributed by atoms with E-state index in [4.69, 9.17) is 9.56 Å². The summed E-state index contributed by atoms with van der Waals surface area (Å²) in [6.45, 7) is 0. The molecule has 0 bridgehead atoms. The quantitative estimate of drug-likeness (QED) is 0.348. The number of para-hydroxylation sites is 1. The number of benzene rings is 2. The fraction of sp³-hybridized carbons (Fsp3) is 0.0500. The molecule has 0 aliphatic rings. The Hall–Kier alpha value is -3.21. The van der Waals surface area contributed by atoms with Crippen LogP contribution in [0.3, 0.4) is 0 Å². The number of nitrogens with zero attached hydrogens (tertiary/aromatic N) is 2. The third kappa shape index (κ3) is 4.51. The summed E-state index contributed by atoms with van der Waals surface area (Å²) in [5, 5.41) is 9.29. The number of nitrogens with one attached hydrogen (secondary N) is 1. The van der Waals surface area contributed by atoms with Crippen molar-refractivity contribution < 1.29 is 17.6 Å². The van der Waals surface area contributed by atoms with Crippen LogP contribution in [0, 0.1) is 0 Å². The van der Waals surface area contributed by atoms with Crippen LogP contribution < -0.4 is 10.5 Å². The van der Waals surface area contributed by atoms with E-state index < -0.39 is 10.0 Å². The summed E-state index contributed by atoms with van der Waals surface area (Å²) in [5.74, 6) is 0.836. The van der Waals surface area contributed by atoms with Crippen molar-refractivity contribution in [1.82, 2.24) is 9.97 Å². The lowest BCUT2D eigenvalue weighted by Crippen LogP contribution is -2.15. The summed E-state index contributed by atoms with van der Waals surface area (Å²) in [4.78, 5) is 21.4. The second-order valence-electron chi connectivity index (χ2n) is 6.25. The number of rotatable bonds is 6. The van der Waals surface area contributed by atoms with E-state index in [0.717, 1.165) is 10.9 Å². The van der Waals surface area contributed by atoms with Crippen LogP contribution in [0.25, 0.3) is 22.5 Å². The van der Waals surface area contributed by atoms with Gasteiger partial charge in [-0.1, -0.05) is 30.0 Å². The van der Waals surface area contributed by atoms with Crippen molar-refractivity contribution in [3.63, 3.8) is 0 Å². The molecule has 10 heteroatoms. The Morgan fingerprint density at radius 2 is 1.80 bits per heavy atom. The van der Waals surface area contributed by atoms with Gasteiger partial charge in [-0.15, -0.1) is 0 Å². The Kier molecular flexibility index (Phi) is 5.53. The lowest BCUT2D eigenvalue weighted by atomic mass is 10.2. The standard InChI is InChI=1S/C20H16N4O4S2/c21-30(26,27)14-9-7-13(8-10-14)22-18(25)12-29-20-15-4-1-2-5-16(15)23-19(24-20)17-6-3-11-28-17/h1-11H,12H2,(H,22,25)(H2,21,26,27). The highest BCUT2D eigenvalue weighted by Crippen LogP contribution is 2.28. The smallest absolute Gasteiger partial charge is 0.238 e. The second kappa shape index (κ2) is 8.27. The fourth-order valence-corrected chi connectivity index (χ4v) is 4.07. The number of thioether (sulfide) groups is 1. The highest BCUT2D eigenvalue weighted by atomic mass is 32.2. The van der Waals surface area contributed by atoms with Gasteiger partial charge in [0.2, 0.25) is 15.9 Å². The molecule has 152 valence electrons. The Labute approximate surface area is 176 Å². The number of carbonyl (C=O) groups excluding carboxylic acids is 1. The summed E-state index contributed by atoms with van der Waals surface area (Å²) in [7, 11) is -3.78. The molecular formula is C20H16N4O4S2. The van der Waals surface area contributed by atoms with Crippen LogP contribution in [0.5, 0.6) is 0 Å². The number of fused-ring (bicyclic) bond motifs is 1. The topological polar surface area (TPSA) is 128 Å². The van der Waals surface area contributed by atoms with Gasteiger partial charge in [0.25, 0.3) is 0 Å². The maximum absolute atomic E-state index is 12.4. The number of aromatic nitrogens is 2. The number of primary sulfonamides is 1.